The molecule has 3 rings (SSSR count). The van der Waals surface area contributed by atoms with Crippen LogP contribution in [-0.4, -0.2) is 21.1 Å². The van der Waals surface area contributed by atoms with Gasteiger partial charge in [0.05, 0.1) is 16.7 Å². The van der Waals surface area contributed by atoms with Gasteiger partial charge in [-0.05, 0) is 36.7 Å². The topological polar surface area (TPSA) is 42.7 Å². The first-order valence-electron chi connectivity index (χ1n) is 7.33. The molecule has 0 aliphatic rings. The number of nitrogens with one attached hydrogen (secondary N) is 1. The van der Waals surface area contributed by atoms with E-state index in [-0.39, 0.29) is 0 Å². The monoisotopic (exact) mass is 280 g/mol. The van der Waals surface area contributed by atoms with Crippen LogP contribution in [0.3, 0.4) is 0 Å². The number of imidazole rings is 1. The van der Waals surface area contributed by atoms with E-state index in [4.69, 9.17) is 4.98 Å². The molecule has 0 fully saturated rings. The Bertz CT molecular complexity index is 730. The summed E-state index contributed by atoms with van der Waals surface area (Å²) in [6, 6.07) is 14.2. The molecule has 4 heteroatoms. The van der Waals surface area contributed by atoms with Crippen LogP contribution >= 0.6 is 0 Å². The summed E-state index contributed by atoms with van der Waals surface area (Å²) < 4.78 is 2.03. The lowest BCUT2D eigenvalue weighted by atomic mass is 10.2. The van der Waals surface area contributed by atoms with Gasteiger partial charge in [-0.15, -0.1) is 0 Å². The second kappa shape index (κ2) is 6.06. The molecule has 0 radical (unpaired) electrons. The van der Waals surface area contributed by atoms with Gasteiger partial charge in [-0.3, -0.25) is 4.57 Å². The van der Waals surface area contributed by atoms with Crippen LogP contribution in [0.2, 0.25) is 0 Å². The van der Waals surface area contributed by atoms with Crippen LogP contribution < -0.4 is 5.32 Å². The Morgan fingerprint density at radius 1 is 1.10 bits per heavy atom. The summed E-state index contributed by atoms with van der Waals surface area (Å²) in [6.07, 6.45) is 1.83. The van der Waals surface area contributed by atoms with Crippen molar-refractivity contribution in [3.05, 3.63) is 54.5 Å². The Balaban J connectivity index is 1.85. The highest BCUT2D eigenvalue weighted by atomic mass is 15.1. The molecule has 0 unspecified atom stereocenters. The summed E-state index contributed by atoms with van der Waals surface area (Å²) in [5.41, 5.74) is 3.12. The number of hydrogen-bond acceptors (Lipinski definition) is 3. The third kappa shape index (κ3) is 3.11. The zero-order valence-corrected chi connectivity index (χ0v) is 12.5. The zero-order valence-electron chi connectivity index (χ0n) is 12.5. The number of hydrogen-bond donors (Lipinski definition) is 1. The molecule has 1 aromatic carbocycles. The normalized spacial score (nSPS) is 11.4. The predicted molar refractivity (Wildman–Crippen MR) is 85.4 cm³/mol. The fourth-order valence-electron chi connectivity index (χ4n) is 2.33. The largest absolute Gasteiger partial charge is 0.311 e. The first kappa shape index (κ1) is 13.8. The highest BCUT2D eigenvalue weighted by molar-refractivity contribution is 5.76. The van der Waals surface area contributed by atoms with Crippen molar-refractivity contribution in [1.82, 2.24) is 19.9 Å². The summed E-state index contributed by atoms with van der Waals surface area (Å²) in [5.74, 6) is 1.55. The fourth-order valence-corrected chi connectivity index (χ4v) is 2.33. The lowest BCUT2D eigenvalue weighted by Gasteiger charge is -2.09. The van der Waals surface area contributed by atoms with Crippen LogP contribution in [-0.2, 0) is 6.54 Å². The molecule has 108 valence electrons. The summed E-state index contributed by atoms with van der Waals surface area (Å²) >= 11 is 0. The van der Waals surface area contributed by atoms with E-state index in [0.29, 0.717) is 5.92 Å². The molecule has 0 atom stereocenters. The van der Waals surface area contributed by atoms with Crippen molar-refractivity contribution in [2.75, 3.05) is 6.54 Å². The SMILES string of the molecule is CC(C)CNCc1cccc(-n2cnc3ccccc32)n1. The second-order valence-electron chi connectivity index (χ2n) is 5.62. The van der Waals surface area contributed by atoms with Crippen LogP contribution in [0.4, 0.5) is 0 Å². The zero-order chi connectivity index (χ0) is 14.7. The Morgan fingerprint density at radius 3 is 2.81 bits per heavy atom. The van der Waals surface area contributed by atoms with Gasteiger partial charge in [0.1, 0.15) is 12.1 Å². The van der Waals surface area contributed by atoms with Crippen LogP contribution in [0.1, 0.15) is 19.5 Å². The summed E-state index contributed by atoms with van der Waals surface area (Å²) in [5, 5.41) is 3.42. The van der Waals surface area contributed by atoms with E-state index in [1.54, 1.807) is 0 Å². The van der Waals surface area contributed by atoms with E-state index >= 15 is 0 Å². The molecule has 0 bridgehead atoms. The Kier molecular flexibility index (Phi) is 3.97. The smallest absolute Gasteiger partial charge is 0.138 e. The standard InChI is InChI=1S/C17H20N4/c1-13(2)10-18-11-14-6-5-9-17(20-14)21-12-19-15-7-3-4-8-16(15)21/h3-9,12-13,18H,10-11H2,1-2H3. The minimum atomic E-state index is 0.644. The van der Waals surface area contributed by atoms with Crippen LogP contribution in [0, 0.1) is 5.92 Å². The van der Waals surface area contributed by atoms with Gasteiger partial charge in [0, 0.05) is 6.54 Å². The molecule has 0 spiro atoms. The van der Waals surface area contributed by atoms with Gasteiger partial charge in [-0.2, -0.15) is 0 Å². The lowest BCUT2D eigenvalue weighted by Crippen LogP contribution is -2.19. The number of pyridine rings is 1. The molecule has 21 heavy (non-hydrogen) atoms. The maximum atomic E-state index is 4.72. The molecule has 0 saturated heterocycles. The van der Waals surface area contributed by atoms with Crippen molar-refractivity contribution in [3.63, 3.8) is 0 Å². The number of nitrogens with zero attached hydrogens (tertiary/aromatic N) is 3. The average Bonchev–Trinajstić information content (AvgIpc) is 2.91. The summed E-state index contributed by atoms with van der Waals surface area (Å²) in [7, 11) is 0. The summed E-state index contributed by atoms with van der Waals surface area (Å²) in [4.78, 5) is 9.14. The van der Waals surface area contributed by atoms with Gasteiger partial charge < -0.3 is 5.32 Å². The minimum absolute atomic E-state index is 0.644. The Hall–Kier alpha value is -2.20. The van der Waals surface area contributed by atoms with Gasteiger partial charge in [0.15, 0.2) is 0 Å². The summed E-state index contributed by atoms with van der Waals surface area (Å²) in [6.45, 7) is 6.20. The van der Waals surface area contributed by atoms with Gasteiger partial charge in [-0.1, -0.05) is 32.0 Å². The van der Waals surface area contributed by atoms with Crippen molar-refractivity contribution in [2.24, 2.45) is 5.92 Å². The molecule has 2 aromatic heterocycles. The first-order valence-corrected chi connectivity index (χ1v) is 7.33. The quantitative estimate of drug-likeness (QED) is 0.780. The van der Waals surface area contributed by atoms with Crippen LogP contribution in [0.5, 0.6) is 0 Å². The van der Waals surface area contributed by atoms with E-state index in [0.717, 1.165) is 35.6 Å². The molecule has 0 aliphatic carbocycles. The van der Waals surface area contributed by atoms with Crippen molar-refractivity contribution in [3.8, 4) is 5.82 Å². The molecule has 3 aromatic rings. The van der Waals surface area contributed by atoms with E-state index in [2.05, 4.69) is 36.3 Å². The van der Waals surface area contributed by atoms with Crippen LogP contribution in [0.25, 0.3) is 16.9 Å². The molecule has 0 aliphatic heterocycles. The number of rotatable bonds is 5. The molecule has 2 heterocycles. The van der Waals surface area contributed by atoms with Gasteiger partial charge in [0.25, 0.3) is 0 Å². The van der Waals surface area contributed by atoms with Gasteiger partial charge in [0.2, 0.25) is 0 Å². The fraction of sp³-hybridized carbons (Fsp3) is 0.294. The average molecular weight is 280 g/mol. The number of aromatic nitrogens is 3. The Morgan fingerprint density at radius 2 is 1.95 bits per heavy atom. The minimum Gasteiger partial charge on any atom is -0.311 e. The predicted octanol–water partition coefficient (Wildman–Crippen LogP) is 3.17. The third-order valence-electron chi connectivity index (χ3n) is 3.35. The van der Waals surface area contributed by atoms with Crippen molar-refractivity contribution in [2.45, 2.75) is 20.4 Å². The molecular weight excluding hydrogens is 260 g/mol. The third-order valence-corrected chi connectivity index (χ3v) is 3.35. The second-order valence-corrected chi connectivity index (χ2v) is 5.62. The first-order chi connectivity index (χ1) is 10.2. The molecule has 4 nitrogen and oxygen atoms in total. The highest BCUT2D eigenvalue weighted by Gasteiger charge is 2.05. The van der Waals surface area contributed by atoms with E-state index in [1.165, 1.54) is 0 Å². The maximum Gasteiger partial charge on any atom is 0.138 e. The van der Waals surface area contributed by atoms with Crippen molar-refractivity contribution < 1.29 is 0 Å². The van der Waals surface area contributed by atoms with E-state index in [1.807, 2.05) is 41.2 Å². The van der Waals surface area contributed by atoms with Crippen molar-refractivity contribution in [1.29, 1.82) is 0 Å². The molecule has 0 saturated carbocycles. The van der Waals surface area contributed by atoms with Gasteiger partial charge >= 0.3 is 0 Å². The van der Waals surface area contributed by atoms with Crippen LogP contribution in [0.15, 0.2) is 48.8 Å². The van der Waals surface area contributed by atoms with E-state index < -0.39 is 0 Å². The maximum absolute atomic E-state index is 4.72. The molecule has 1 N–H and O–H groups in total. The molecule has 0 amide bonds. The van der Waals surface area contributed by atoms with Crippen molar-refractivity contribution >= 4 is 11.0 Å². The molecular formula is C17H20N4. The lowest BCUT2D eigenvalue weighted by molar-refractivity contribution is 0.548. The van der Waals surface area contributed by atoms with Gasteiger partial charge in [-0.25, -0.2) is 9.97 Å². The van der Waals surface area contributed by atoms with E-state index in [9.17, 15) is 0 Å². The highest BCUT2D eigenvalue weighted by Crippen LogP contribution is 2.16. The number of para-hydroxylation sites is 2. The number of benzene rings is 1. The number of fused-ring (bicyclic) bond motifs is 1. The Labute approximate surface area is 124 Å².